The van der Waals surface area contributed by atoms with E-state index in [9.17, 15) is 9.59 Å². The summed E-state index contributed by atoms with van der Waals surface area (Å²) < 4.78 is 29.3. The van der Waals surface area contributed by atoms with Gasteiger partial charge in [0.05, 0.1) is 42.7 Å². The number of rotatable bonds is 10. The lowest BCUT2D eigenvalue weighted by atomic mass is 9.89. The third-order valence-electron chi connectivity index (χ3n) is 7.55. The molecule has 3 heterocycles. The highest BCUT2D eigenvalue weighted by Gasteiger charge is 2.28. The van der Waals surface area contributed by atoms with Crippen LogP contribution in [-0.2, 0) is 32.7 Å². The van der Waals surface area contributed by atoms with Gasteiger partial charge in [0.25, 0.3) is 0 Å². The highest BCUT2D eigenvalue weighted by Crippen LogP contribution is 2.39. The van der Waals surface area contributed by atoms with Crippen LogP contribution in [0.15, 0.2) is 36.5 Å². The SMILES string of the molecule is COCCOCCNC(=O)Cn1nc(C2CCN(C(C)=O)CC2)c2c(-c3cc4c(cnn4C)cc3F)cccc21. The number of benzene rings is 2. The Morgan fingerprint density at radius 2 is 1.90 bits per heavy atom. The van der Waals surface area contributed by atoms with Crippen molar-refractivity contribution in [1.82, 2.24) is 29.8 Å². The highest BCUT2D eigenvalue weighted by atomic mass is 19.1. The molecule has 1 N–H and O–H groups in total. The maximum Gasteiger partial charge on any atom is 0.241 e. The lowest BCUT2D eigenvalue weighted by molar-refractivity contribution is -0.129. The Hall–Kier alpha value is -3.83. The Morgan fingerprint density at radius 1 is 1.10 bits per heavy atom. The summed E-state index contributed by atoms with van der Waals surface area (Å²) in [7, 11) is 3.44. The van der Waals surface area contributed by atoms with Crippen molar-refractivity contribution in [3.05, 3.63) is 48.0 Å². The molecule has 4 aromatic rings. The average molecular weight is 551 g/mol. The van der Waals surface area contributed by atoms with Crippen molar-refractivity contribution in [2.24, 2.45) is 7.05 Å². The van der Waals surface area contributed by atoms with E-state index in [2.05, 4.69) is 10.4 Å². The molecule has 0 aliphatic carbocycles. The number of likely N-dealkylation sites (tertiary alicyclic amines) is 1. The summed E-state index contributed by atoms with van der Waals surface area (Å²) >= 11 is 0. The fourth-order valence-electron chi connectivity index (χ4n) is 5.43. The number of carbonyl (C=O) groups is 2. The number of nitrogens with one attached hydrogen (secondary N) is 1. The number of aromatic nitrogens is 4. The van der Waals surface area contributed by atoms with Gasteiger partial charge >= 0.3 is 0 Å². The predicted molar refractivity (Wildman–Crippen MR) is 149 cm³/mol. The van der Waals surface area contributed by atoms with E-state index in [1.807, 2.05) is 36.2 Å². The van der Waals surface area contributed by atoms with Crippen molar-refractivity contribution in [3.63, 3.8) is 0 Å². The van der Waals surface area contributed by atoms with Crippen LogP contribution in [0.1, 0.15) is 31.4 Å². The first-order chi connectivity index (χ1) is 19.4. The molecule has 0 saturated carbocycles. The number of piperidine rings is 1. The number of hydrogen-bond donors (Lipinski definition) is 1. The molecule has 0 bridgehead atoms. The highest BCUT2D eigenvalue weighted by molar-refractivity contribution is 5.99. The van der Waals surface area contributed by atoms with Crippen LogP contribution in [0.4, 0.5) is 4.39 Å². The van der Waals surface area contributed by atoms with Crippen molar-refractivity contribution in [2.75, 3.05) is 46.6 Å². The normalized spacial score (nSPS) is 14.3. The molecule has 0 spiro atoms. The fourth-order valence-corrected chi connectivity index (χ4v) is 5.43. The van der Waals surface area contributed by atoms with Crippen LogP contribution in [0.5, 0.6) is 0 Å². The molecule has 5 rings (SSSR count). The lowest BCUT2D eigenvalue weighted by Gasteiger charge is -2.30. The number of halogens is 1. The number of carbonyl (C=O) groups excluding carboxylic acids is 2. The van der Waals surface area contributed by atoms with Gasteiger partial charge < -0.3 is 19.7 Å². The van der Waals surface area contributed by atoms with Gasteiger partial charge in [-0.25, -0.2) is 4.39 Å². The Labute approximate surface area is 232 Å². The van der Waals surface area contributed by atoms with Crippen LogP contribution >= 0.6 is 0 Å². The summed E-state index contributed by atoms with van der Waals surface area (Å²) in [4.78, 5) is 26.6. The number of amides is 2. The van der Waals surface area contributed by atoms with Gasteiger partial charge in [-0.1, -0.05) is 12.1 Å². The quantitative estimate of drug-likeness (QED) is 0.304. The van der Waals surface area contributed by atoms with E-state index in [-0.39, 0.29) is 30.1 Å². The third-order valence-corrected chi connectivity index (χ3v) is 7.55. The summed E-state index contributed by atoms with van der Waals surface area (Å²) in [6, 6.07) is 9.02. The van der Waals surface area contributed by atoms with Gasteiger partial charge in [0.15, 0.2) is 0 Å². The topological polar surface area (TPSA) is 104 Å². The Bertz CT molecular complexity index is 1520. The minimum absolute atomic E-state index is 0.0214. The zero-order valence-corrected chi connectivity index (χ0v) is 23.2. The van der Waals surface area contributed by atoms with Crippen LogP contribution < -0.4 is 5.32 Å². The summed E-state index contributed by atoms with van der Waals surface area (Å²) in [6.07, 6.45) is 3.14. The molecule has 2 aromatic carbocycles. The maximum atomic E-state index is 15.5. The molecule has 0 atom stereocenters. The van der Waals surface area contributed by atoms with E-state index in [0.717, 1.165) is 45.9 Å². The average Bonchev–Trinajstić information content (AvgIpc) is 3.50. The maximum absolute atomic E-state index is 15.5. The first kappa shape index (κ1) is 27.7. The van der Waals surface area contributed by atoms with E-state index < -0.39 is 0 Å². The van der Waals surface area contributed by atoms with Crippen molar-refractivity contribution < 1.29 is 23.5 Å². The van der Waals surface area contributed by atoms with Gasteiger partial charge in [-0.2, -0.15) is 10.2 Å². The van der Waals surface area contributed by atoms with E-state index in [0.29, 0.717) is 45.0 Å². The Kier molecular flexibility index (Phi) is 8.41. The third kappa shape index (κ3) is 5.71. The summed E-state index contributed by atoms with van der Waals surface area (Å²) in [5, 5.41) is 13.7. The van der Waals surface area contributed by atoms with Crippen molar-refractivity contribution in [1.29, 1.82) is 0 Å². The van der Waals surface area contributed by atoms with Crippen LogP contribution in [0, 0.1) is 5.82 Å². The molecular formula is C29H35FN6O4. The lowest BCUT2D eigenvalue weighted by Crippen LogP contribution is -2.36. The van der Waals surface area contributed by atoms with Gasteiger partial charge in [0.2, 0.25) is 11.8 Å². The number of hydrogen-bond acceptors (Lipinski definition) is 6. The first-order valence-electron chi connectivity index (χ1n) is 13.6. The number of nitrogens with zero attached hydrogens (tertiary/aromatic N) is 5. The van der Waals surface area contributed by atoms with Crippen molar-refractivity contribution in [2.45, 2.75) is 32.2 Å². The van der Waals surface area contributed by atoms with Crippen molar-refractivity contribution in [3.8, 4) is 11.1 Å². The first-order valence-corrected chi connectivity index (χ1v) is 13.6. The minimum atomic E-state index is -0.343. The van der Waals surface area contributed by atoms with E-state index in [1.54, 1.807) is 29.6 Å². The van der Waals surface area contributed by atoms with Crippen LogP contribution in [-0.4, -0.2) is 82.8 Å². The monoisotopic (exact) mass is 550 g/mol. The van der Waals surface area contributed by atoms with Gasteiger partial charge in [0.1, 0.15) is 12.4 Å². The fraction of sp³-hybridized carbons (Fsp3) is 0.448. The van der Waals surface area contributed by atoms with Crippen LogP contribution in [0.25, 0.3) is 32.9 Å². The minimum Gasteiger partial charge on any atom is -0.382 e. The van der Waals surface area contributed by atoms with E-state index in [1.165, 1.54) is 6.07 Å². The summed E-state index contributed by atoms with van der Waals surface area (Å²) in [6.45, 7) is 4.59. The molecule has 0 radical (unpaired) electrons. The molecule has 1 aliphatic heterocycles. The van der Waals surface area contributed by atoms with E-state index >= 15 is 4.39 Å². The Balaban J connectivity index is 1.50. The van der Waals surface area contributed by atoms with Gasteiger partial charge in [0, 0.05) is 63.0 Å². The molecule has 212 valence electrons. The van der Waals surface area contributed by atoms with Crippen LogP contribution in [0.2, 0.25) is 0 Å². The molecular weight excluding hydrogens is 515 g/mol. The standard InChI is InChI=1S/C29H35FN6O4/c1-19(37)35-10-7-20(8-11-35)29-28-22(23-16-26-21(15-24(23)30)17-32-34(26)2)5-4-6-25(28)36(33-29)18-27(38)31-9-12-40-14-13-39-3/h4-6,15-17,20H,7-14,18H2,1-3H3,(H,31,38). The molecule has 10 nitrogen and oxygen atoms in total. The molecule has 2 amide bonds. The van der Waals surface area contributed by atoms with Gasteiger partial charge in [-0.05, 0) is 36.6 Å². The Morgan fingerprint density at radius 3 is 2.65 bits per heavy atom. The van der Waals surface area contributed by atoms with Crippen LogP contribution in [0.3, 0.4) is 0 Å². The molecule has 1 saturated heterocycles. The van der Waals surface area contributed by atoms with E-state index in [4.69, 9.17) is 14.6 Å². The number of fused-ring (bicyclic) bond motifs is 2. The molecule has 1 fully saturated rings. The smallest absolute Gasteiger partial charge is 0.241 e. The molecule has 11 heteroatoms. The van der Waals surface area contributed by atoms with Gasteiger partial charge in [-0.15, -0.1) is 0 Å². The molecule has 1 aliphatic rings. The van der Waals surface area contributed by atoms with Gasteiger partial charge in [-0.3, -0.25) is 19.0 Å². The zero-order valence-electron chi connectivity index (χ0n) is 23.2. The molecule has 2 aromatic heterocycles. The largest absolute Gasteiger partial charge is 0.382 e. The second kappa shape index (κ2) is 12.1. The second-order valence-corrected chi connectivity index (χ2v) is 10.1. The summed E-state index contributed by atoms with van der Waals surface area (Å²) in [5.41, 5.74) is 3.59. The summed E-state index contributed by atoms with van der Waals surface area (Å²) in [5.74, 6) is -0.403. The van der Waals surface area contributed by atoms with Crippen molar-refractivity contribution >= 4 is 33.6 Å². The number of methoxy groups -OCH3 is 1. The zero-order chi connectivity index (χ0) is 28.2. The molecule has 0 unspecified atom stereocenters. The second-order valence-electron chi connectivity index (χ2n) is 10.1. The molecule has 40 heavy (non-hydrogen) atoms. The predicted octanol–water partition coefficient (Wildman–Crippen LogP) is 3.23. The number of aryl methyl sites for hydroxylation is 1. The number of ether oxygens (including phenoxy) is 2.